The van der Waals surface area contributed by atoms with E-state index in [-0.39, 0.29) is 17.0 Å². The van der Waals surface area contributed by atoms with Crippen LogP contribution in [0, 0.1) is 0 Å². The number of ether oxygens (including phenoxy) is 1. The number of rotatable bonds is 3. The van der Waals surface area contributed by atoms with Crippen molar-refractivity contribution >= 4 is 11.5 Å². The van der Waals surface area contributed by atoms with Crippen molar-refractivity contribution in [2.24, 2.45) is 0 Å². The molecule has 0 atom stereocenters. The second-order valence-electron chi connectivity index (χ2n) is 5.38. The molecule has 2 heterocycles. The third-order valence-electron chi connectivity index (χ3n) is 3.82. The third kappa shape index (κ3) is 2.49. The number of anilines is 1. The molecule has 25 heavy (non-hydrogen) atoms. The van der Waals surface area contributed by atoms with Crippen LogP contribution in [0.1, 0.15) is 0 Å². The Kier molecular flexibility index (Phi) is 3.42. The highest BCUT2D eigenvalue weighted by Gasteiger charge is 2.15. The topological polar surface area (TPSA) is 111 Å². The van der Waals surface area contributed by atoms with Gasteiger partial charge in [-0.1, -0.05) is 30.3 Å². The van der Waals surface area contributed by atoms with Crippen LogP contribution in [0.25, 0.3) is 28.4 Å². The van der Waals surface area contributed by atoms with Crippen LogP contribution >= 0.6 is 0 Å². The van der Waals surface area contributed by atoms with E-state index in [1.807, 2.05) is 30.3 Å². The number of fused-ring (bicyclic) bond motifs is 1. The molecule has 2 aromatic heterocycles. The normalized spacial score (nSPS) is 10.9. The van der Waals surface area contributed by atoms with Gasteiger partial charge in [-0.25, -0.2) is 0 Å². The maximum atomic E-state index is 12.3. The average molecular weight is 334 g/mol. The summed E-state index contributed by atoms with van der Waals surface area (Å²) in [5, 5.41) is 12.5. The molecule has 3 N–H and O–H groups in total. The number of nitrogens with two attached hydrogens (primary N) is 1. The first kappa shape index (κ1) is 14.9. The van der Waals surface area contributed by atoms with Gasteiger partial charge in [-0.15, -0.1) is 10.2 Å². The number of methoxy groups -OCH3 is 1. The first-order chi connectivity index (χ1) is 12.2. The van der Waals surface area contributed by atoms with Gasteiger partial charge in [-0.2, -0.15) is 9.61 Å². The highest BCUT2D eigenvalue weighted by molar-refractivity contribution is 5.67. The SMILES string of the molecule is COc1ccc(-c2nnc3[nH]c(=O)c(-c4ccccc4)nn23)cc1N. The molecule has 8 nitrogen and oxygen atoms in total. The molecule has 0 saturated heterocycles. The quantitative estimate of drug-likeness (QED) is 0.552. The van der Waals surface area contributed by atoms with E-state index in [9.17, 15) is 4.79 Å². The van der Waals surface area contributed by atoms with Crippen LogP contribution in [0.15, 0.2) is 53.3 Å². The molecule has 0 bridgehead atoms. The largest absolute Gasteiger partial charge is 0.495 e. The Balaban J connectivity index is 1.92. The summed E-state index contributed by atoms with van der Waals surface area (Å²) in [6, 6.07) is 14.5. The van der Waals surface area contributed by atoms with Crippen molar-refractivity contribution in [3.05, 3.63) is 58.9 Å². The predicted octanol–water partition coefficient (Wildman–Crippen LogP) is 1.74. The maximum absolute atomic E-state index is 12.3. The molecule has 4 aromatic rings. The van der Waals surface area contributed by atoms with Crippen molar-refractivity contribution in [2.75, 3.05) is 12.8 Å². The van der Waals surface area contributed by atoms with E-state index < -0.39 is 0 Å². The Hall–Kier alpha value is -3.68. The second-order valence-corrected chi connectivity index (χ2v) is 5.38. The van der Waals surface area contributed by atoms with Crippen LogP contribution in [0.2, 0.25) is 0 Å². The molecule has 0 aliphatic heterocycles. The number of hydrogen-bond donors (Lipinski definition) is 2. The van der Waals surface area contributed by atoms with E-state index in [1.54, 1.807) is 25.3 Å². The van der Waals surface area contributed by atoms with Crippen LogP contribution in [0.4, 0.5) is 5.69 Å². The lowest BCUT2D eigenvalue weighted by Crippen LogP contribution is -2.15. The predicted molar refractivity (Wildman–Crippen MR) is 93.2 cm³/mol. The summed E-state index contributed by atoms with van der Waals surface area (Å²) in [6.45, 7) is 0. The number of hydrogen-bond acceptors (Lipinski definition) is 6. The fourth-order valence-electron chi connectivity index (χ4n) is 2.60. The first-order valence-corrected chi connectivity index (χ1v) is 7.52. The molecule has 0 fully saturated rings. The highest BCUT2D eigenvalue weighted by Crippen LogP contribution is 2.27. The van der Waals surface area contributed by atoms with Crippen molar-refractivity contribution in [3.8, 4) is 28.4 Å². The average Bonchev–Trinajstić information content (AvgIpc) is 3.04. The van der Waals surface area contributed by atoms with E-state index in [0.29, 0.717) is 28.4 Å². The van der Waals surface area contributed by atoms with Crippen molar-refractivity contribution in [3.63, 3.8) is 0 Å². The minimum atomic E-state index is -0.327. The van der Waals surface area contributed by atoms with Gasteiger partial charge >= 0.3 is 0 Å². The molecule has 0 aliphatic carbocycles. The molecule has 4 rings (SSSR count). The van der Waals surface area contributed by atoms with Gasteiger partial charge in [0.15, 0.2) is 11.5 Å². The fourth-order valence-corrected chi connectivity index (χ4v) is 2.60. The zero-order valence-corrected chi connectivity index (χ0v) is 13.3. The van der Waals surface area contributed by atoms with Gasteiger partial charge in [-0.3, -0.25) is 9.78 Å². The lowest BCUT2D eigenvalue weighted by Gasteiger charge is -2.06. The van der Waals surface area contributed by atoms with Crippen LogP contribution in [-0.4, -0.2) is 31.9 Å². The summed E-state index contributed by atoms with van der Waals surface area (Å²) in [5.74, 6) is 1.30. The summed E-state index contributed by atoms with van der Waals surface area (Å²) in [7, 11) is 1.55. The van der Waals surface area contributed by atoms with Crippen LogP contribution in [0.3, 0.4) is 0 Å². The van der Waals surface area contributed by atoms with E-state index in [1.165, 1.54) is 4.52 Å². The number of nitrogens with zero attached hydrogens (tertiary/aromatic N) is 4. The van der Waals surface area contributed by atoms with Crippen LogP contribution in [-0.2, 0) is 0 Å². The lowest BCUT2D eigenvalue weighted by molar-refractivity contribution is 0.417. The number of nitrogen functional groups attached to an aromatic ring is 1. The monoisotopic (exact) mass is 334 g/mol. The van der Waals surface area contributed by atoms with Crippen molar-refractivity contribution < 1.29 is 4.74 Å². The molecule has 2 aromatic carbocycles. The number of nitrogens with one attached hydrogen (secondary N) is 1. The van der Waals surface area contributed by atoms with Crippen molar-refractivity contribution in [2.45, 2.75) is 0 Å². The third-order valence-corrected chi connectivity index (χ3v) is 3.82. The van der Waals surface area contributed by atoms with Gasteiger partial charge < -0.3 is 10.5 Å². The standard InChI is InChI=1S/C17H14N6O2/c1-25-13-8-7-11(9-12(13)18)15-20-21-17-19-16(24)14(22-23(15)17)10-5-3-2-4-6-10/h2-9H,18H2,1H3,(H,19,21,24). The Bertz CT molecular complexity index is 1120. The number of benzene rings is 2. The van der Waals surface area contributed by atoms with Crippen molar-refractivity contribution in [1.82, 2.24) is 24.8 Å². The Morgan fingerprint density at radius 3 is 2.60 bits per heavy atom. The Labute approximate surface area is 141 Å². The maximum Gasteiger partial charge on any atom is 0.279 e. The van der Waals surface area contributed by atoms with Crippen molar-refractivity contribution in [1.29, 1.82) is 0 Å². The Morgan fingerprint density at radius 1 is 1.08 bits per heavy atom. The van der Waals surface area contributed by atoms with E-state index in [4.69, 9.17) is 10.5 Å². The number of aromatic amines is 1. The van der Waals surface area contributed by atoms with E-state index in [2.05, 4.69) is 20.3 Å². The zero-order valence-electron chi connectivity index (χ0n) is 13.3. The number of H-pyrrole nitrogens is 1. The molecular weight excluding hydrogens is 320 g/mol. The van der Waals surface area contributed by atoms with Crippen LogP contribution < -0.4 is 16.0 Å². The molecule has 0 spiro atoms. The van der Waals surface area contributed by atoms with Gasteiger partial charge in [0.1, 0.15) is 5.75 Å². The summed E-state index contributed by atoms with van der Waals surface area (Å²) < 4.78 is 6.66. The molecule has 8 heteroatoms. The summed E-state index contributed by atoms with van der Waals surface area (Å²) >= 11 is 0. The van der Waals surface area contributed by atoms with Gasteiger partial charge in [0, 0.05) is 11.1 Å². The molecular formula is C17H14N6O2. The fraction of sp³-hybridized carbons (Fsp3) is 0.0588. The molecule has 0 saturated carbocycles. The molecule has 0 radical (unpaired) electrons. The van der Waals surface area contributed by atoms with Crippen LogP contribution in [0.5, 0.6) is 5.75 Å². The Morgan fingerprint density at radius 2 is 1.88 bits per heavy atom. The van der Waals surface area contributed by atoms with Gasteiger partial charge in [0.25, 0.3) is 11.3 Å². The highest BCUT2D eigenvalue weighted by atomic mass is 16.5. The minimum absolute atomic E-state index is 0.258. The summed E-state index contributed by atoms with van der Waals surface area (Å²) in [4.78, 5) is 15.0. The lowest BCUT2D eigenvalue weighted by atomic mass is 10.1. The first-order valence-electron chi connectivity index (χ1n) is 7.52. The number of aromatic nitrogens is 5. The zero-order chi connectivity index (χ0) is 17.4. The summed E-state index contributed by atoms with van der Waals surface area (Å²) in [6.07, 6.45) is 0. The molecule has 0 aliphatic rings. The van der Waals surface area contributed by atoms with E-state index in [0.717, 1.165) is 0 Å². The van der Waals surface area contributed by atoms with E-state index >= 15 is 0 Å². The smallest absolute Gasteiger partial charge is 0.279 e. The summed E-state index contributed by atoms with van der Waals surface area (Å²) in [5.41, 5.74) is 7.82. The van der Waals surface area contributed by atoms with Gasteiger partial charge in [-0.05, 0) is 18.2 Å². The van der Waals surface area contributed by atoms with Gasteiger partial charge in [0.2, 0.25) is 0 Å². The molecule has 0 unspecified atom stereocenters. The van der Waals surface area contributed by atoms with Gasteiger partial charge in [0.05, 0.1) is 12.8 Å². The molecule has 0 amide bonds. The minimum Gasteiger partial charge on any atom is -0.495 e. The molecule has 124 valence electrons. The second kappa shape index (κ2) is 5.75.